The van der Waals surface area contributed by atoms with Crippen molar-refractivity contribution in [2.75, 3.05) is 0 Å². The van der Waals surface area contributed by atoms with Crippen LogP contribution < -0.4 is 5.73 Å². The molecule has 0 saturated carbocycles. The molecule has 2 unspecified atom stereocenters. The second-order valence-corrected chi connectivity index (χ2v) is 5.48. The maximum atomic E-state index is 13.8. The fraction of sp³-hybridized carbons (Fsp3) is 0.250. The first kappa shape index (κ1) is 12.6. The molecule has 3 rings (SSSR count). The van der Waals surface area contributed by atoms with E-state index in [2.05, 4.69) is 12.1 Å². The van der Waals surface area contributed by atoms with Gasteiger partial charge in [0.2, 0.25) is 0 Å². The molecule has 0 saturated heterocycles. The molecule has 0 aromatic heterocycles. The van der Waals surface area contributed by atoms with Crippen molar-refractivity contribution in [2.45, 2.75) is 24.8 Å². The number of benzene rings is 2. The minimum Gasteiger partial charge on any atom is -0.327 e. The van der Waals surface area contributed by atoms with E-state index in [1.165, 1.54) is 17.2 Å². The zero-order valence-electron chi connectivity index (χ0n) is 10.4. The summed E-state index contributed by atoms with van der Waals surface area (Å²) in [6, 6.07) is 12.9. The van der Waals surface area contributed by atoms with Crippen LogP contribution in [-0.2, 0) is 12.8 Å². The van der Waals surface area contributed by atoms with Gasteiger partial charge in [-0.3, -0.25) is 0 Å². The summed E-state index contributed by atoms with van der Waals surface area (Å²) in [6.45, 7) is 0. The maximum Gasteiger partial charge on any atom is 0.127 e. The smallest absolute Gasteiger partial charge is 0.127 e. The van der Waals surface area contributed by atoms with Gasteiger partial charge in [-0.2, -0.15) is 0 Å². The summed E-state index contributed by atoms with van der Waals surface area (Å²) in [6.07, 6.45) is 1.45. The Kier molecular flexibility index (Phi) is 3.29. The van der Waals surface area contributed by atoms with Gasteiger partial charge in [0.1, 0.15) is 5.82 Å². The molecule has 0 radical (unpaired) electrons. The molecule has 98 valence electrons. The van der Waals surface area contributed by atoms with Gasteiger partial charge in [-0.15, -0.1) is 0 Å². The lowest BCUT2D eigenvalue weighted by atomic mass is 9.72. The standard InChI is InChI=1S/C16H15ClFN/c17-14-6-3-7-15(18)13(14)9-16(19)12-8-10-4-1-2-5-11(10)12/h1-7,12,16H,8-9,19H2. The Morgan fingerprint density at radius 2 is 2.00 bits per heavy atom. The first-order chi connectivity index (χ1) is 9.16. The average Bonchev–Trinajstić information content (AvgIpc) is 2.35. The van der Waals surface area contributed by atoms with Crippen molar-refractivity contribution in [3.63, 3.8) is 0 Å². The molecule has 2 N–H and O–H groups in total. The summed E-state index contributed by atoms with van der Waals surface area (Å²) in [5.41, 5.74) is 9.41. The Bertz CT molecular complexity index is 591. The highest BCUT2D eigenvalue weighted by Crippen LogP contribution is 2.38. The molecule has 0 amide bonds. The molecule has 1 nitrogen and oxygen atoms in total. The van der Waals surface area contributed by atoms with E-state index in [0.717, 1.165) is 6.42 Å². The van der Waals surface area contributed by atoms with Crippen LogP contribution in [0.4, 0.5) is 4.39 Å². The molecule has 1 aliphatic rings. The van der Waals surface area contributed by atoms with Crippen molar-refractivity contribution in [2.24, 2.45) is 5.73 Å². The SMILES string of the molecule is NC(Cc1c(F)cccc1Cl)C1Cc2ccccc21. The Balaban J connectivity index is 1.79. The summed E-state index contributed by atoms with van der Waals surface area (Å²) >= 11 is 6.04. The summed E-state index contributed by atoms with van der Waals surface area (Å²) in [5, 5.41) is 0.461. The van der Waals surface area contributed by atoms with Crippen molar-refractivity contribution in [3.8, 4) is 0 Å². The molecule has 0 spiro atoms. The molecule has 1 aliphatic carbocycles. The van der Waals surface area contributed by atoms with E-state index in [4.69, 9.17) is 17.3 Å². The van der Waals surface area contributed by atoms with Gasteiger partial charge >= 0.3 is 0 Å². The second-order valence-electron chi connectivity index (χ2n) is 5.08. The van der Waals surface area contributed by atoms with E-state index in [1.807, 2.05) is 12.1 Å². The maximum absolute atomic E-state index is 13.8. The second kappa shape index (κ2) is 4.95. The van der Waals surface area contributed by atoms with E-state index in [1.54, 1.807) is 12.1 Å². The van der Waals surface area contributed by atoms with Gasteiger partial charge in [0.25, 0.3) is 0 Å². The molecular weight excluding hydrogens is 261 g/mol. The quantitative estimate of drug-likeness (QED) is 0.908. The van der Waals surface area contributed by atoms with Gasteiger partial charge in [0.05, 0.1) is 0 Å². The number of hydrogen-bond donors (Lipinski definition) is 1. The molecule has 2 aromatic carbocycles. The van der Waals surface area contributed by atoms with Crippen molar-refractivity contribution in [1.82, 2.24) is 0 Å². The van der Waals surface area contributed by atoms with Crippen LogP contribution in [0.25, 0.3) is 0 Å². The molecule has 2 atom stereocenters. The van der Waals surface area contributed by atoms with Crippen LogP contribution in [-0.4, -0.2) is 6.04 Å². The van der Waals surface area contributed by atoms with Crippen molar-refractivity contribution >= 4 is 11.6 Å². The fourth-order valence-electron chi connectivity index (χ4n) is 2.78. The molecule has 0 bridgehead atoms. The van der Waals surface area contributed by atoms with Gasteiger partial charge in [-0.25, -0.2) is 4.39 Å². The Labute approximate surface area is 117 Å². The number of halogens is 2. The topological polar surface area (TPSA) is 26.0 Å². The molecule has 19 heavy (non-hydrogen) atoms. The predicted molar refractivity (Wildman–Crippen MR) is 76.0 cm³/mol. The number of fused-ring (bicyclic) bond motifs is 1. The van der Waals surface area contributed by atoms with Crippen LogP contribution >= 0.6 is 11.6 Å². The van der Waals surface area contributed by atoms with Crippen molar-refractivity contribution in [1.29, 1.82) is 0 Å². The van der Waals surface area contributed by atoms with Crippen LogP contribution in [0.1, 0.15) is 22.6 Å². The molecule has 0 fully saturated rings. The van der Waals surface area contributed by atoms with Crippen LogP contribution in [0.15, 0.2) is 42.5 Å². The summed E-state index contributed by atoms with van der Waals surface area (Å²) in [7, 11) is 0. The highest BCUT2D eigenvalue weighted by atomic mass is 35.5. The first-order valence-corrected chi connectivity index (χ1v) is 6.81. The van der Waals surface area contributed by atoms with Gasteiger partial charge in [0.15, 0.2) is 0 Å². The minimum atomic E-state index is -0.268. The van der Waals surface area contributed by atoms with Crippen LogP contribution in [0.5, 0.6) is 0 Å². The third-order valence-corrected chi connectivity index (χ3v) is 4.27. The Morgan fingerprint density at radius 3 is 2.74 bits per heavy atom. The van der Waals surface area contributed by atoms with Crippen molar-refractivity contribution in [3.05, 3.63) is 70.0 Å². The van der Waals surface area contributed by atoms with Gasteiger partial charge in [-0.1, -0.05) is 41.9 Å². The van der Waals surface area contributed by atoms with Crippen molar-refractivity contribution < 1.29 is 4.39 Å². The largest absolute Gasteiger partial charge is 0.327 e. The lowest BCUT2D eigenvalue weighted by molar-refractivity contribution is 0.472. The van der Waals surface area contributed by atoms with Crippen LogP contribution in [0.3, 0.4) is 0 Å². The lowest BCUT2D eigenvalue weighted by Crippen LogP contribution is -2.37. The number of hydrogen-bond acceptors (Lipinski definition) is 1. The van der Waals surface area contributed by atoms with Crippen LogP contribution in [0.2, 0.25) is 5.02 Å². The average molecular weight is 276 g/mol. The van der Waals surface area contributed by atoms with E-state index in [9.17, 15) is 4.39 Å². The third kappa shape index (κ3) is 2.26. The normalized spacial score (nSPS) is 18.6. The zero-order valence-corrected chi connectivity index (χ0v) is 11.2. The molecule has 0 heterocycles. The summed E-state index contributed by atoms with van der Waals surface area (Å²) in [4.78, 5) is 0. The minimum absolute atomic E-state index is 0.0932. The Hall–Kier alpha value is -1.38. The van der Waals surface area contributed by atoms with Gasteiger partial charge in [-0.05, 0) is 36.1 Å². The molecule has 2 aromatic rings. The monoisotopic (exact) mass is 275 g/mol. The van der Waals surface area contributed by atoms with Gasteiger partial charge in [0, 0.05) is 22.5 Å². The van der Waals surface area contributed by atoms with Gasteiger partial charge < -0.3 is 5.73 Å². The summed E-state index contributed by atoms with van der Waals surface area (Å²) < 4.78 is 13.8. The lowest BCUT2D eigenvalue weighted by Gasteiger charge is -2.34. The molecule has 3 heteroatoms. The number of rotatable bonds is 3. The summed E-state index contributed by atoms with van der Waals surface area (Å²) in [5.74, 6) is 0.0439. The third-order valence-electron chi connectivity index (χ3n) is 3.91. The molecular formula is C16H15ClFN. The fourth-order valence-corrected chi connectivity index (χ4v) is 3.03. The zero-order chi connectivity index (χ0) is 13.4. The van der Waals surface area contributed by atoms with Crippen LogP contribution in [0, 0.1) is 5.82 Å². The van der Waals surface area contributed by atoms with E-state index < -0.39 is 0 Å². The van der Waals surface area contributed by atoms with E-state index >= 15 is 0 Å². The predicted octanol–water partition coefficient (Wildman–Crippen LogP) is 3.69. The number of nitrogens with two attached hydrogens (primary N) is 1. The highest BCUT2D eigenvalue weighted by Gasteiger charge is 2.31. The Morgan fingerprint density at radius 1 is 1.21 bits per heavy atom. The highest BCUT2D eigenvalue weighted by molar-refractivity contribution is 6.31. The van der Waals surface area contributed by atoms with E-state index in [-0.39, 0.29) is 11.9 Å². The van der Waals surface area contributed by atoms with E-state index in [0.29, 0.717) is 22.9 Å². The first-order valence-electron chi connectivity index (χ1n) is 6.43. The molecule has 0 aliphatic heterocycles.